The number of halogens is 1. The van der Waals surface area contributed by atoms with E-state index in [-0.39, 0.29) is 6.04 Å². The van der Waals surface area contributed by atoms with Gasteiger partial charge in [0, 0.05) is 4.47 Å². The molecule has 86 valence electrons. The van der Waals surface area contributed by atoms with Crippen LogP contribution in [0.3, 0.4) is 0 Å². The SMILES string of the molecule is CCC(C)C(N)c1nc2ccc(Br)cc2[nH]1. The smallest absolute Gasteiger partial charge is 0.124 e. The van der Waals surface area contributed by atoms with Gasteiger partial charge < -0.3 is 10.7 Å². The highest BCUT2D eigenvalue weighted by Gasteiger charge is 2.16. The van der Waals surface area contributed by atoms with Crippen molar-refractivity contribution in [1.82, 2.24) is 9.97 Å². The van der Waals surface area contributed by atoms with E-state index in [0.717, 1.165) is 27.8 Å². The van der Waals surface area contributed by atoms with Gasteiger partial charge >= 0.3 is 0 Å². The molecule has 0 saturated carbocycles. The molecule has 0 bridgehead atoms. The van der Waals surface area contributed by atoms with E-state index < -0.39 is 0 Å². The number of nitrogens with one attached hydrogen (secondary N) is 1. The summed E-state index contributed by atoms with van der Waals surface area (Å²) in [5.41, 5.74) is 8.15. The Morgan fingerprint density at radius 1 is 1.50 bits per heavy atom. The molecule has 2 aromatic rings. The number of hydrogen-bond donors (Lipinski definition) is 2. The largest absolute Gasteiger partial charge is 0.341 e. The van der Waals surface area contributed by atoms with Crippen LogP contribution in [-0.2, 0) is 0 Å². The minimum absolute atomic E-state index is 0.0174. The maximum absolute atomic E-state index is 6.15. The standard InChI is InChI=1S/C12H16BrN3/c1-3-7(2)11(14)12-15-9-5-4-8(13)6-10(9)16-12/h4-7,11H,3,14H2,1-2H3,(H,15,16). The molecule has 0 amide bonds. The third kappa shape index (κ3) is 2.13. The lowest BCUT2D eigenvalue weighted by Gasteiger charge is -2.15. The van der Waals surface area contributed by atoms with Gasteiger partial charge in [-0.25, -0.2) is 4.98 Å². The molecule has 0 fully saturated rings. The van der Waals surface area contributed by atoms with Crippen molar-refractivity contribution < 1.29 is 0 Å². The zero-order chi connectivity index (χ0) is 11.7. The van der Waals surface area contributed by atoms with Crippen LogP contribution in [0.15, 0.2) is 22.7 Å². The van der Waals surface area contributed by atoms with Gasteiger partial charge in [-0.2, -0.15) is 0 Å². The second-order valence-corrected chi connectivity index (χ2v) is 5.11. The van der Waals surface area contributed by atoms with Crippen LogP contribution in [0.2, 0.25) is 0 Å². The summed E-state index contributed by atoms with van der Waals surface area (Å²) in [6, 6.07) is 5.98. The van der Waals surface area contributed by atoms with Crippen molar-refractivity contribution in [3.8, 4) is 0 Å². The molecule has 0 aliphatic rings. The Morgan fingerprint density at radius 3 is 2.94 bits per heavy atom. The summed E-state index contributed by atoms with van der Waals surface area (Å²) < 4.78 is 1.05. The normalized spacial score (nSPS) is 15.2. The lowest BCUT2D eigenvalue weighted by Crippen LogP contribution is -2.19. The topological polar surface area (TPSA) is 54.7 Å². The molecule has 2 atom stereocenters. The molecule has 3 nitrogen and oxygen atoms in total. The molecule has 16 heavy (non-hydrogen) atoms. The molecule has 0 spiro atoms. The maximum Gasteiger partial charge on any atom is 0.124 e. The molecule has 2 unspecified atom stereocenters. The van der Waals surface area contributed by atoms with Gasteiger partial charge in [0.25, 0.3) is 0 Å². The van der Waals surface area contributed by atoms with Crippen LogP contribution in [0.4, 0.5) is 0 Å². The lowest BCUT2D eigenvalue weighted by atomic mass is 10.00. The number of benzene rings is 1. The molecule has 0 radical (unpaired) electrons. The number of rotatable bonds is 3. The summed E-state index contributed by atoms with van der Waals surface area (Å²) in [5.74, 6) is 1.31. The van der Waals surface area contributed by atoms with Crippen molar-refractivity contribution in [2.45, 2.75) is 26.3 Å². The average molecular weight is 282 g/mol. The molecule has 0 aliphatic carbocycles. The third-order valence-corrected chi connectivity index (χ3v) is 3.53. The molecule has 0 aliphatic heterocycles. The number of aromatic amines is 1. The van der Waals surface area contributed by atoms with Gasteiger partial charge in [0.15, 0.2) is 0 Å². The van der Waals surface area contributed by atoms with E-state index in [1.165, 1.54) is 0 Å². The molecular weight excluding hydrogens is 266 g/mol. The molecule has 3 N–H and O–H groups in total. The Morgan fingerprint density at radius 2 is 2.25 bits per heavy atom. The predicted molar refractivity (Wildman–Crippen MR) is 70.2 cm³/mol. The van der Waals surface area contributed by atoms with E-state index in [4.69, 9.17) is 5.73 Å². The number of hydrogen-bond acceptors (Lipinski definition) is 2. The quantitative estimate of drug-likeness (QED) is 0.906. The fourth-order valence-electron chi connectivity index (χ4n) is 1.68. The Hall–Kier alpha value is -0.870. The Kier molecular flexibility index (Phi) is 3.30. The third-order valence-electron chi connectivity index (χ3n) is 3.03. The maximum atomic E-state index is 6.15. The van der Waals surface area contributed by atoms with Crippen molar-refractivity contribution in [3.05, 3.63) is 28.5 Å². The highest BCUT2D eigenvalue weighted by Crippen LogP contribution is 2.23. The highest BCUT2D eigenvalue weighted by molar-refractivity contribution is 9.10. The van der Waals surface area contributed by atoms with Crippen LogP contribution in [-0.4, -0.2) is 9.97 Å². The fraction of sp³-hybridized carbons (Fsp3) is 0.417. The predicted octanol–water partition coefficient (Wildman–Crippen LogP) is 3.37. The van der Waals surface area contributed by atoms with Crippen LogP contribution in [0.25, 0.3) is 11.0 Å². The number of nitrogens with zero attached hydrogens (tertiary/aromatic N) is 1. The van der Waals surface area contributed by atoms with Crippen molar-refractivity contribution in [2.75, 3.05) is 0 Å². The van der Waals surface area contributed by atoms with Crippen molar-refractivity contribution >= 4 is 27.0 Å². The molecular formula is C12H16BrN3. The summed E-state index contributed by atoms with van der Waals surface area (Å²) in [6.45, 7) is 4.29. The minimum Gasteiger partial charge on any atom is -0.341 e. The fourth-order valence-corrected chi connectivity index (χ4v) is 2.04. The summed E-state index contributed by atoms with van der Waals surface area (Å²) in [5, 5.41) is 0. The van der Waals surface area contributed by atoms with E-state index in [0.29, 0.717) is 5.92 Å². The van der Waals surface area contributed by atoms with Gasteiger partial charge in [-0.05, 0) is 24.1 Å². The van der Waals surface area contributed by atoms with Crippen LogP contribution in [0, 0.1) is 5.92 Å². The first-order valence-electron chi connectivity index (χ1n) is 5.52. The summed E-state index contributed by atoms with van der Waals surface area (Å²) >= 11 is 3.44. The molecule has 4 heteroatoms. The average Bonchev–Trinajstić information content (AvgIpc) is 2.69. The Balaban J connectivity index is 2.39. The summed E-state index contributed by atoms with van der Waals surface area (Å²) in [6.07, 6.45) is 1.06. The van der Waals surface area contributed by atoms with Gasteiger partial charge in [0.2, 0.25) is 0 Å². The van der Waals surface area contributed by atoms with Gasteiger partial charge in [-0.15, -0.1) is 0 Å². The zero-order valence-electron chi connectivity index (χ0n) is 9.50. The van der Waals surface area contributed by atoms with Crippen molar-refractivity contribution in [2.24, 2.45) is 11.7 Å². The van der Waals surface area contributed by atoms with Gasteiger partial charge in [0.05, 0.1) is 17.1 Å². The van der Waals surface area contributed by atoms with Crippen molar-refractivity contribution in [1.29, 1.82) is 0 Å². The summed E-state index contributed by atoms with van der Waals surface area (Å²) in [4.78, 5) is 7.81. The second kappa shape index (κ2) is 4.55. The van der Waals surface area contributed by atoms with Gasteiger partial charge in [-0.3, -0.25) is 0 Å². The van der Waals surface area contributed by atoms with E-state index >= 15 is 0 Å². The molecule has 2 rings (SSSR count). The van der Waals surface area contributed by atoms with Crippen LogP contribution >= 0.6 is 15.9 Å². The number of nitrogens with two attached hydrogens (primary N) is 1. The Bertz CT molecular complexity index is 492. The molecule has 1 aromatic carbocycles. The second-order valence-electron chi connectivity index (χ2n) is 4.19. The number of aromatic nitrogens is 2. The zero-order valence-corrected chi connectivity index (χ0v) is 11.1. The summed E-state index contributed by atoms with van der Waals surface area (Å²) in [7, 11) is 0. The number of imidazole rings is 1. The van der Waals surface area contributed by atoms with E-state index in [2.05, 4.69) is 39.7 Å². The monoisotopic (exact) mass is 281 g/mol. The highest BCUT2D eigenvalue weighted by atomic mass is 79.9. The van der Waals surface area contributed by atoms with Gasteiger partial charge in [0.1, 0.15) is 5.82 Å². The first-order chi connectivity index (χ1) is 7.61. The van der Waals surface area contributed by atoms with Crippen LogP contribution in [0.5, 0.6) is 0 Å². The molecule has 0 saturated heterocycles. The van der Waals surface area contributed by atoms with Crippen LogP contribution < -0.4 is 5.73 Å². The minimum atomic E-state index is -0.0174. The molecule has 1 heterocycles. The van der Waals surface area contributed by atoms with Crippen LogP contribution in [0.1, 0.15) is 32.1 Å². The van der Waals surface area contributed by atoms with Gasteiger partial charge in [-0.1, -0.05) is 36.2 Å². The van der Waals surface area contributed by atoms with Crippen molar-refractivity contribution in [3.63, 3.8) is 0 Å². The number of H-pyrrole nitrogens is 1. The molecule has 1 aromatic heterocycles. The van der Waals surface area contributed by atoms with E-state index in [1.54, 1.807) is 0 Å². The first-order valence-corrected chi connectivity index (χ1v) is 6.32. The van der Waals surface area contributed by atoms with E-state index in [9.17, 15) is 0 Å². The van der Waals surface area contributed by atoms with E-state index in [1.807, 2.05) is 18.2 Å². The number of fused-ring (bicyclic) bond motifs is 1. The first kappa shape index (κ1) is 11.6. The Labute approximate surface area is 104 Å². The lowest BCUT2D eigenvalue weighted by molar-refractivity contribution is 0.442.